The third-order valence-corrected chi connectivity index (χ3v) is 29.0. The molecular formula is C115H100Cl6N18O4S. The van der Waals surface area contributed by atoms with Crippen LogP contribution in [0.5, 0.6) is 0 Å². The molecule has 0 aliphatic carbocycles. The number of nitrogens with zero attached hydrogens (tertiary/aromatic N) is 18. The predicted molar refractivity (Wildman–Crippen MR) is 578 cm³/mol. The van der Waals surface area contributed by atoms with Crippen LogP contribution in [0.2, 0.25) is 30.1 Å². The van der Waals surface area contributed by atoms with E-state index in [0.717, 1.165) is 221 Å². The van der Waals surface area contributed by atoms with Gasteiger partial charge in [0.05, 0.1) is 69.1 Å². The van der Waals surface area contributed by atoms with Gasteiger partial charge in [0.15, 0.2) is 5.65 Å². The van der Waals surface area contributed by atoms with Crippen molar-refractivity contribution in [3.8, 4) is 89.7 Å². The van der Waals surface area contributed by atoms with E-state index in [9.17, 15) is 19.2 Å². The van der Waals surface area contributed by atoms with Crippen molar-refractivity contribution in [3.05, 3.63) is 415 Å². The van der Waals surface area contributed by atoms with Gasteiger partial charge in [-0.15, -0.1) is 11.3 Å². The lowest BCUT2D eigenvalue weighted by Gasteiger charge is -2.34. The van der Waals surface area contributed by atoms with Crippen LogP contribution >= 0.6 is 80.9 Å². The van der Waals surface area contributed by atoms with Gasteiger partial charge in [0.2, 0.25) is 5.91 Å². The monoisotopic (exact) mass is 2040 g/mol. The number of carbonyl (C=O) groups excluding carboxylic acids is 4. The molecule has 22 nitrogen and oxygen atoms in total. The molecule has 4 saturated heterocycles. The molecule has 23 rings (SSSR count). The van der Waals surface area contributed by atoms with Gasteiger partial charge >= 0.3 is 0 Å². The van der Waals surface area contributed by atoms with Crippen molar-refractivity contribution in [2.45, 2.75) is 33.1 Å². The Morgan fingerprint density at radius 2 is 0.576 bits per heavy atom. The molecule has 0 bridgehead atoms. The van der Waals surface area contributed by atoms with E-state index in [1.807, 2.05) is 171 Å². The van der Waals surface area contributed by atoms with E-state index in [-0.39, 0.29) is 23.6 Å². The molecule has 4 aliphatic rings. The molecule has 722 valence electrons. The fourth-order valence-electron chi connectivity index (χ4n) is 18.9. The minimum atomic E-state index is 0.0244. The third kappa shape index (κ3) is 22.8. The summed E-state index contributed by atoms with van der Waals surface area (Å²) in [7, 11) is 0. The second-order valence-corrected chi connectivity index (χ2v) is 39.4. The summed E-state index contributed by atoms with van der Waals surface area (Å²) < 4.78 is 8.77. The molecule has 4 aliphatic heterocycles. The van der Waals surface area contributed by atoms with Crippen LogP contribution in [0.25, 0.3) is 112 Å². The molecule has 29 heteroatoms. The van der Waals surface area contributed by atoms with Crippen molar-refractivity contribution in [3.63, 3.8) is 0 Å². The van der Waals surface area contributed by atoms with Crippen molar-refractivity contribution in [1.29, 1.82) is 0 Å². The molecule has 0 spiro atoms. The summed E-state index contributed by atoms with van der Waals surface area (Å²) in [5.74, 6) is 0.281. The van der Waals surface area contributed by atoms with Crippen LogP contribution in [0.3, 0.4) is 0 Å². The number of thiazole rings is 1. The molecule has 0 unspecified atom stereocenters. The van der Waals surface area contributed by atoms with E-state index in [1.165, 1.54) is 16.9 Å². The first-order valence-corrected chi connectivity index (χ1v) is 51.1. The minimum Gasteiger partial charge on any atom is -0.340 e. The first kappa shape index (κ1) is 97.4. The maximum atomic E-state index is 13.0. The third-order valence-electron chi connectivity index (χ3n) is 26.7. The number of benzene rings is 10. The lowest BCUT2D eigenvalue weighted by atomic mass is 10.1. The standard InChI is InChI=1S/2C31H26Cl2N4O.C28H24ClN5OS.C25H24ClN5O/c32-26-12-9-23(10-13-26)30-28(37-20-25(11-14-29(37)34-30)22-5-2-1-3-6-22)21-35-15-17-36(18-16-35)31(38)24-7-4-8-27(33)19-24;32-26-11-6-23(7-12-26)30-28(37-20-25(10-15-29(37)34-30)22-4-2-1-3-5-22)21-35-16-18-36(19-17-35)31(38)24-8-13-27(33)14-9-24;29-23-9-6-21(7-10-23)27-24(18-32-12-14-33(15-13-32)28(35)25-16-30-19-36-25)34-17-22(8-11-26(34)31-27)20-4-2-1-3-5-20;1-18(32)30-13-11-29(12-14-30)17-23-25(20-7-9-21(26)10-8-20)28-24-15-27-22(16-31(23)24)19-5-3-2-4-6-19/h1-14,19-20H,15-18,21H2;1-15,20H,16-19,21H2;1-11,16-17,19H,12-15,18H2;2-10,15-16H,11-14,17H2,1H3. The van der Waals surface area contributed by atoms with Gasteiger partial charge < -0.3 is 32.8 Å². The summed E-state index contributed by atoms with van der Waals surface area (Å²) in [5.41, 5.74) is 27.8. The molecule has 9 aromatic heterocycles. The zero-order chi connectivity index (χ0) is 98.7. The van der Waals surface area contributed by atoms with Crippen LogP contribution in [0, 0.1) is 0 Å². The highest BCUT2D eigenvalue weighted by Gasteiger charge is 2.32. The highest BCUT2D eigenvalue weighted by atomic mass is 35.5. The maximum absolute atomic E-state index is 13.0. The van der Waals surface area contributed by atoms with E-state index in [2.05, 4.69) is 193 Å². The Bertz CT molecular complexity index is 7730. The number of amides is 4. The fourth-order valence-corrected chi connectivity index (χ4v) is 20.3. The normalized spacial score (nSPS) is 14.4. The summed E-state index contributed by atoms with van der Waals surface area (Å²) in [6, 6.07) is 99.5. The first-order valence-electron chi connectivity index (χ1n) is 47.9. The molecule has 4 fully saturated rings. The van der Waals surface area contributed by atoms with Gasteiger partial charge in [0.25, 0.3) is 17.7 Å². The highest BCUT2D eigenvalue weighted by Crippen LogP contribution is 2.37. The zero-order valence-electron chi connectivity index (χ0n) is 78.9. The number of aromatic nitrogens is 10. The lowest BCUT2D eigenvalue weighted by molar-refractivity contribution is -0.130. The molecule has 19 aromatic rings. The van der Waals surface area contributed by atoms with Gasteiger partial charge in [-0.1, -0.05) is 246 Å². The zero-order valence-corrected chi connectivity index (χ0v) is 84.3. The van der Waals surface area contributed by atoms with Gasteiger partial charge in [-0.05, 0) is 161 Å². The van der Waals surface area contributed by atoms with E-state index in [4.69, 9.17) is 89.5 Å². The van der Waals surface area contributed by atoms with Crippen LogP contribution in [-0.4, -0.2) is 215 Å². The lowest BCUT2D eigenvalue weighted by Crippen LogP contribution is -2.48. The molecule has 4 amide bonds. The average Bonchev–Trinajstić information content (AvgIpc) is 1.63. The van der Waals surface area contributed by atoms with Crippen LogP contribution < -0.4 is 0 Å². The Hall–Kier alpha value is -14.0. The van der Waals surface area contributed by atoms with Gasteiger partial charge in [0, 0.05) is 232 Å². The molecule has 0 N–H and O–H groups in total. The summed E-state index contributed by atoms with van der Waals surface area (Å²) in [5, 5.41) is 4.01. The summed E-state index contributed by atoms with van der Waals surface area (Å²) in [6.45, 7) is 16.5. The van der Waals surface area contributed by atoms with Crippen LogP contribution in [0.1, 0.15) is 60.1 Å². The van der Waals surface area contributed by atoms with Gasteiger partial charge in [0.1, 0.15) is 21.8 Å². The number of hydrogen-bond acceptors (Lipinski definition) is 15. The maximum Gasteiger partial charge on any atom is 0.265 e. The summed E-state index contributed by atoms with van der Waals surface area (Å²) in [4.78, 5) is 97.1. The first-order chi connectivity index (χ1) is 70.3. The van der Waals surface area contributed by atoms with Gasteiger partial charge in [-0.25, -0.2) is 19.9 Å². The van der Waals surface area contributed by atoms with E-state index < -0.39 is 0 Å². The number of rotatable bonds is 19. The molecule has 0 radical (unpaired) electrons. The molecular weight excluding hydrogens is 1940 g/mol. The average molecular weight is 2040 g/mol. The Labute approximate surface area is 868 Å². The van der Waals surface area contributed by atoms with E-state index >= 15 is 0 Å². The van der Waals surface area contributed by atoms with Crippen LogP contribution in [-0.2, 0) is 31.0 Å². The molecule has 0 atom stereocenters. The van der Waals surface area contributed by atoms with Crippen LogP contribution in [0.15, 0.2) is 346 Å². The smallest absolute Gasteiger partial charge is 0.265 e. The topological polar surface area (TPSA) is 189 Å². The van der Waals surface area contributed by atoms with Crippen molar-refractivity contribution < 1.29 is 19.2 Å². The SMILES string of the molecule is CC(=O)N1CCN(Cc2c(-c3ccc(Cl)cc3)nc3cnc(-c4ccccc4)cn23)CC1.O=C(c1ccc(Cl)cc1)N1CCN(Cc2c(-c3ccc(Cl)cc3)nc3ccc(-c4ccccc4)cn23)CC1.O=C(c1cccc(Cl)c1)N1CCN(Cc2c(-c3ccc(Cl)cc3)nc3ccc(-c4ccccc4)cn23)CC1.O=C(c1cncs1)N1CCN(Cc2c(-c3ccc(Cl)cc3)nc3ccc(-c4ccccc4)cn23)CC1. The van der Waals surface area contributed by atoms with Crippen molar-refractivity contribution in [2.75, 3.05) is 105 Å². The number of carbonyl (C=O) groups is 4. The second-order valence-electron chi connectivity index (χ2n) is 35.9. The van der Waals surface area contributed by atoms with E-state index in [1.54, 1.807) is 55.0 Å². The summed E-state index contributed by atoms with van der Waals surface area (Å²) in [6.07, 6.45) is 12.1. The predicted octanol–water partition coefficient (Wildman–Crippen LogP) is 24.0. The van der Waals surface area contributed by atoms with Crippen molar-refractivity contribution in [2.24, 2.45) is 0 Å². The molecule has 0 saturated carbocycles. The van der Waals surface area contributed by atoms with Gasteiger partial charge in [-0.2, -0.15) is 0 Å². The molecule has 144 heavy (non-hydrogen) atoms. The summed E-state index contributed by atoms with van der Waals surface area (Å²) >= 11 is 38.2. The Kier molecular flexibility index (Phi) is 30.4. The van der Waals surface area contributed by atoms with Crippen molar-refractivity contribution in [1.82, 2.24) is 86.7 Å². The number of piperazine rings is 4. The Balaban J connectivity index is 0.000000117. The number of imidazole rings is 4. The molecule has 10 aromatic carbocycles. The number of pyridine rings is 3. The number of halogens is 6. The fraction of sp³-hybridized carbons (Fsp3) is 0.183. The van der Waals surface area contributed by atoms with Crippen LogP contribution in [0.4, 0.5) is 0 Å². The van der Waals surface area contributed by atoms with E-state index in [0.29, 0.717) is 85.4 Å². The van der Waals surface area contributed by atoms with Crippen molar-refractivity contribution >= 4 is 127 Å². The quantitative estimate of drug-likeness (QED) is 0.0743. The highest BCUT2D eigenvalue weighted by molar-refractivity contribution is 7.11. The minimum absolute atomic E-state index is 0.0244. The Morgan fingerprint density at radius 3 is 0.910 bits per heavy atom. The Morgan fingerprint density at radius 1 is 0.271 bits per heavy atom. The number of hydrogen-bond donors (Lipinski definition) is 0. The largest absolute Gasteiger partial charge is 0.340 e. The van der Waals surface area contributed by atoms with Gasteiger partial charge in [-0.3, -0.25) is 53.1 Å². The number of fused-ring (bicyclic) bond motifs is 4. The second kappa shape index (κ2) is 44.9. The molecule has 13 heterocycles.